The van der Waals surface area contributed by atoms with Gasteiger partial charge in [-0.3, -0.25) is 9.59 Å². The molecule has 1 aromatic carbocycles. The Morgan fingerprint density at radius 1 is 1.19 bits per heavy atom. The summed E-state index contributed by atoms with van der Waals surface area (Å²) >= 11 is 0. The molecular weight excluding hydrogens is 294 g/mol. The Morgan fingerprint density at radius 3 is 2.48 bits per heavy atom. The Hall–Kier alpha value is -1.79. The molecule has 7 heteroatoms. The average molecular weight is 316 g/mol. The monoisotopic (exact) mass is 315 g/mol. The first-order valence-electron chi connectivity index (χ1n) is 6.53. The third kappa shape index (κ3) is 8.88. The molecule has 0 fully saturated rings. The van der Waals surface area contributed by atoms with E-state index in [1.54, 1.807) is 12.1 Å². The number of halogens is 1. The predicted octanol–water partition coefficient (Wildman–Crippen LogP) is 0.314. The van der Waals surface area contributed by atoms with Crippen molar-refractivity contribution in [2.45, 2.75) is 6.92 Å². The molecule has 0 saturated heterocycles. The highest BCUT2D eigenvalue weighted by Crippen LogP contribution is 2.07. The summed E-state index contributed by atoms with van der Waals surface area (Å²) in [7, 11) is 0. The summed E-state index contributed by atoms with van der Waals surface area (Å²) in [5, 5.41) is 5.18. The summed E-state index contributed by atoms with van der Waals surface area (Å²) in [4.78, 5) is 22.9. The fraction of sp³-hybridized carbons (Fsp3) is 0.429. The lowest BCUT2D eigenvalue weighted by atomic mass is 10.2. The van der Waals surface area contributed by atoms with Crippen LogP contribution in [0.3, 0.4) is 0 Å². The van der Waals surface area contributed by atoms with E-state index in [0.29, 0.717) is 18.8 Å². The molecule has 1 rings (SSSR count). The van der Waals surface area contributed by atoms with Crippen LogP contribution in [0.15, 0.2) is 30.3 Å². The van der Waals surface area contributed by atoms with E-state index in [1.165, 1.54) is 0 Å². The van der Waals surface area contributed by atoms with E-state index in [-0.39, 0.29) is 43.3 Å². The molecule has 0 aliphatic heterocycles. The topological polar surface area (TPSA) is 93.5 Å². The fourth-order valence-electron chi connectivity index (χ4n) is 1.33. The molecule has 118 valence electrons. The maximum atomic E-state index is 11.5. The predicted molar refractivity (Wildman–Crippen MR) is 83.4 cm³/mol. The van der Waals surface area contributed by atoms with Gasteiger partial charge in [0.25, 0.3) is 5.91 Å². The van der Waals surface area contributed by atoms with Gasteiger partial charge >= 0.3 is 0 Å². The van der Waals surface area contributed by atoms with Gasteiger partial charge in [0.2, 0.25) is 5.91 Å². The zero-order valence-corrected chi connectivity index (χ0v) is 12.8. The van der Waals surface area contributed by atoms with Gasteiger partial charge in [-0.15, -0.1) is 12.4 Å². The lowest BCUT2D eigenvalue weighted by Gasteiger charge is -2.11. The minimum absolute atomic E-state index is 0. The summed E-state index contributed by atoms with van der Waals surface area (Å²) < 4.78 is 5.26. The zero-order chi connectivity index (χ0) is 14.8. The van der Waals surface area contributed by atoms with E-state index in [0.717, 1.165) is 0 Å². The summed E-state index contributed by atoms with van der Waals surface area (Å²) in [6, 6.07) is 9.01. The molecule has 0 heterocycles. The molecule has 4 N–H and O–H groups in total. The number of benzene rings is 1. The van der Waals surface area contributed by atoms with E-state index in [9.17, 15) is 9.59 Å². The van der Waals surface area contributed by atoms with Crippen LogP contribution in [0.5, 0.6) is 5.75 Å². The Balaban J connectivity index is 0.00000400. The second-order valence-electron chi connectivity index (χ2n) is 4.52. The molecule has 0 aromatic heterocycles. The molecule has 1 unspecified atom stereocenters. The molecule has 0 aliphatic rings. The van der Waals surface area contributed by atoms with Crippen molar-refractivity contribution in [3.63, 3.8) is 0 Å². The van der Waals surface area contributed by atoms with E-state index >= 15 is 0 Å². The Bertz CT molecular complexity index is 429. The van der Waals surface area contributed by atoms with Gasteiger partial charge in [0.05, 0.1) is 6.54 Å². The van der Waals surface area contributed by atoms with Crippen molar-refractivity contribution in [2.24, 2.45) is 11.7 Å². The standard InChI is InChI=1S/C14H21N3O3.ClH/c1-11(7-15)8-16-13(18)9-17-14(19)10-20-12-5-3-2-4-6-12;/h2-6,11H,7-10,15H2,1H3,(H,16,18)(H,17,19);1H. The number of para-hydroxylation sites is 1. The van der Waals surface area contributed by atoms with Crippen molar-refractivity contribution in [3.8, 4) is 5.75 Å². The summed E-state index contributed by atoms with van der Waals surface area (Å²) in [6.45, 7) is 2.78. The van der Waals surface area contributed by atoms with Crippen molar-refractivity contribution in [2.75, 3.05) is 26.2 Å². The van der Waals surface area contributed by atoms with Crippen molar-refractivity contribution in [1.29, 1.82) is 0 Å². The van der Waals surface area contributed by atoms with E-state index in [1.807, 2.05) is 25.1 Å². The number of hydrogen-bond acceptors (Lipinski definition) is 4. The van der Waals surface area contributed by atoms with Crippen LogP contribution >= 0.6 is 12.4 Å². The third-order valence-corrected chi connectivity index (χ3v) is 2.61. The molecule has 0 radical (unpaired) electrons. The van der Waals surface area contributed by atoms with Crippen LogP contribution in [-0.2, 0) is 9.59 Å². The summed E-state index contributed by atoms with van der Waals surface area (Å²) in [6.07, 6.45) is 0. The molecule has 2 amide bonds. The van der Waals surface area contributed by atoms with Crippen molar-refractivity contribution < 1.29 is 14.3 Å². The average Bonchev–Trinajstić information content (AvgIpc) is 2.49. The second kappa shape index (κ2) is 10.9. The van der Waals surface area contributed by atoms with Gasteiger partial charge in [0, 0.05) is 6.54 Å². The third-order valence-electron chi connectivity index (χ3n) is 2.61. The molecule has 0 saturated carbocycles. The van der Waals surface area contributed by atoms with Gasteiger partial charge in [-0.1, -0.05) is 25.1 Å². The van der Waals surface area contributed by atoms with Crippen LogP contribution in [0.2, 0.25) is 0 Å². The van der Waals surface area contributed by atoms with Gasteiger partial charge in [-0.25, -0.2) is 0 Å². The Kier molecular flexibility index (Phi) is 10.0. The minimum atomic E-state index is -0.337. The molecule has 21 heavy (non-hydrogen) atoms. The molecule has 1 atom stereocenters. The normalized spacial score (nSPS) is 11.0. The minimum Gasteiger partial charge on any atom is -0.484 e. The van der Waals surface area contributed by atoms with E-state index < -0.39 is 0 Å². The molecule has 0 aliphatic carbocycles. The van der Waals surface area contributed by atoms with Gasteiger partial charge in [0.1, 0.15) is 5.75 Å². The highest BCUT2D eigenvalue weighted by Gasteiger charge is 2.07. The molecule has 6 nitrogen and oxygen atoms in total. The maximum Gasteiger partial charge on any atom is 0.258 e. The summed E-state index contributed by atoms with van der Waals surface area (Å²) in [5.74, 6) is 0.258. The number of rotatable bonds is 8. The highest BCUT2D eigenvalue weighted by atomic mass is 35.5. The number of nitrogens with two attached hydrogens (primary N) is 1. The first kappa shape index (κ1) is 19.2. The second-order valence-corrected chi connectivity index (χ2v) is 4.52. The number of amides is 2. The van der Waals surface area contributed by atoms with Crippen molar-refractivity contribution in [3.05, 3.63) is 30.3 Å². The van der Waals surface area contributed by atoms with E-state index in [4.69, 9.17) is 10.5 Å². The van der Waals surface area contributed by atoms with Crippen LogP contribution in [0.1, 0.15) is 6.92 Å². The van der Waals surface area contributed by atoms with Crippen LogP contribution in [-0.4, -0.2) is 38.1 Å². The molecule has 1 aromatic rings. The van der Waals surface area contributed by atoms with Gasteiger partial charge < -0.3 is 21.1 Å². The largest absolute Gasteiger partial charge is 0.484 e. The van der Waals surface area contributed by atoms with Gasteiger partial charge in [0.15, 0.2) is 6.61 Å². The molecule has 0 bridgehead atoms. The van der Waals surface area contributed by atoms with Crippen LogP contribution in [0.4, 0.5) is 0 Å². The van der Waals surface area contributed by atoms with Crippen LogP contribution in [0, 0.1) is 5.92 Å². The Morgan fingerprint density at radius 2 is 1.86 bits per heavy atom. The number of carbonyl (C=O) groups is 2. The smallest absolute Gasteiger partial charge is 0.258 e. The van der Waals surface area contributed by atoms with Gasteiger partial charge in [-0.05, 0) is 24.6 Å². The quantitative estimate of drug-likeness (QED) is 0.644. The molecular formula is C14H22ClN3O3. The number of nitrogens with one attached hydrogen (secondary N) is 2. The lowest BCUT2D eigenvalue weighted by Crippen LogP contribution is -2.40. The number of ether oxygens (including phenoxy) is 1. The lowest BCUT2D eigenvalue weighted by molar-refractivity contribution is -0.127. The van der Waals surface area contributed by atoms with Gasteiger partial charge in [-0.2, -0.15) is 0 Å². The van der Waals surface area contributed by atoms with E-state index in [2.05, 4.69) is 10.6 Å². The first-order chi connectivity index (χ1) is 9.61. The fourth-order valence-corrected chi connectivity index (χ4v) is 1.33. The maximum absolute atomic E-state index is 11.5. The van der Waals surface area contributed by atoms with Crippen molar-refractivity contribution >= 4 is 24.2 Å². The SMILES string of the molecule is CC(CN)CNC(=O)CNC(=O)COc1ccccc1.Cl. The highest BCUT2D eigenvalue weighted by molar-refractivity contribution is 5.85. The van der Waals surface area contributed by atoms with Crippen LogP contribution < -0.4 is 21.1 Å². The Labute approximate surface area is 130 Å². The first-order valence-corrected chi connectivity index (χ1v) is 6.53. The number of carbonyl (C=O) groups excluding carboxylic acids is 2. The number of hydrogen-bond donors (Lipinski definition) is 3. The van der Waals surface area contributed by atoms with Crippen LogP contribution in [0.25, 0.3) is 0 Å². The van der Waals surface area contributed by atoms with Crippen molar-refractivity contribution in [1.82, 2.24) is 10.6 Å². The zero-order valence-electron chi connectivity index (χ0n) is 12.0. The summed E-state index contributed by atoms with van der Waals surface area (Å²) in [5.41, 5.74) is 5.44. The molecule has 0 spiro atoms.